The number of methoxy groups -OCH3 is 1. The van der Waals surface area contributed by atoms with E-state index in [1.54, 1.807) is 19.1 Å². The average Bonchev–Trinajstić information content (AvgIpc) is 2.55. The number of rotatable bonds is 6. The fourth-order valence-electron chi connectivity index (χ4n) is 2.62. The summed E-state index contributed by atoms with van der Waals surface area (Å²) in [6.45, 7) is 3.03. The zero-order valence-corrected chi connectivity index (χ0v) is 13.9. The van der Waals surface area contributed by atoms with Crippen molar-refractivity contribution >= 4 is 11.8 Å². The number of ether oxygens (including phenoxy) is 2. The fourth-order valence-corrected chi connectivity index (χ4v) is 2.62. The van der Waals surface area contributed by atoms with Crippen LogP contribution in [0.1, 0.15) is 23.6 Å². The first-order chi connectivity index (χ1) is 11.0. The molecule has 1 heterocycles. The van der Waals surface area contributed by atoms with Gasteiger partial charge in [0.15, 0.2) is 6.10 Å². The van der Waals surface area contributed by atoms with E-state index in [4.69, 9.17) is 9.47 Å². The second-order valence-corrected chi connectivity index (χ2v) is 5.73. The van der Waals surface area contributed by atoms with Crippen molar-refractivity contribution in [2.75, 3.05) is 33.9 Å². The van der Waals surface area contributed by atoms with Crippen LogP contribution in [0.2, 0.25) is 0 Å². The summed E-state index contributed by atoms with van der Waals surface area (Å²) in [5.41, 5.74) is 2.02. The molecule has 1 aliphatic rings. The molecule has 0 bridgehead atoms. The third-order valence-corrected chi connectivity index (χ3v) is 3.99. The Morgan fingerprint density at radius 3 is 2.74 bits per heavy atom. The van der Waals surface area contributed by atoms with Gasteiger partial charge in [0.2, 0.25) is 5.91 Å². The summed E-state index contributed by atoms with van der Waals surface area (Å²) in [4.78, 5) is 26.0. The molecule has 1 N–H and O–H groups in total. The Hall–Kier alpha value is -1.92. The molecular formula is C17H24N2O4. The van der Waals surface area contributed by atoms with Crippen molar-refractivity contribution in [1.29, 1.82) is 0 Å². The number of hydrogen-bond acceptors (Lipinski definition) is 4. The first kappa shape index (κ1) is 17.4. The summed E-state index contributed by atoms with van der Waals surface area (Å²) in [6, 6.07) is 7.39. The minimum atomic E-state index is -0.706. The number of aryl methyl sites for hydroxylation is 1. The molecule has 1 fully saturated rings. The second-order valence-electron chi connectivity index (χ2n) is 5.73. The van der Waals surface area contributed by atoms with Gasteiger partial charge in [-0.3, -0.25) is 9.59 Å². The molecule has 0 radical (unpaired) electrons. The molecule has 0 aromatic heterocycles. The number of nitrogens with zero attached hydrogens (tertiary/aromatic N) is 1. The van der Waals surface area contributed by atoms with E-state index < -0.39 is 12.1 Å². The lowest BCUT2D eigenvalue weighted by Gasteiger charge is -2.38. The van der Waals surface area contributed by atoms with Crippen LogP contribution in [0.3, 0.4) is 0 Å². The van der Waals surface area contributed by atoms with E-state index in [1.807, 2.05) is 31.2 Å². The predicted octanol–water partition coefficient (Wildman–Crippen LogP) is 1.05. The number of benzene rings is 1. The Morgan fingerprint density at radius 1 is 1.39 bits per heavy atom. The molecule has 2 amide bonds. The highest BCUT2D eigenvalue weighted by atomic mass is 16.5. The highest BCUT2D eigenvalue weighted by Gasteiger charge is 2.39. The summed E-state index contributed by atoms with van der Waals surface area (Å²) >= 11 is 0. The lowest BCUT2D eigenvalue weighted by atomic mass is 9.96. The monoisotopic (exact) mass is 320 g/mol. The molecule has 1 aromatic carbocycles. The van der Waals surface area contributed by atoms with Crippen LogP contribution in [0.5, 0.6) is 0 Å². The Labute approximate surface area is 136 Å². The van der Waals surface area contributed by atoms with E-state index in [2.05, 4.69) is 5.32 Å². The Bertz CT molecular complexity index is 544. The van der Waals surface area contributed by atoms with Gasteiger partial charge in [-0.05, 0) is 18.9 Å². The minimum Gasteiger partial charge on any atom is -0.385 e. The van der Waals surface area contributed by atoms with E-state index in [1.165, 1.54) is 0 Å². The molecule has 0 unspecified atom stereocenters. The molecule has 2 rings (SSSR count). The molecule has 1 saturated heterocycles. The van der Waals surface area contributed by atoms with Crippen LogP contribution in [-0.2, 0) is 19.1 Å². The number of carbonyl (C=O) groups is 2. The lowest BCUT2D eigenvalue weighted by molar-refractivity contribution is -0.162. The maximum atomic E-state index is 12.4. The van der Waals surface area contributed by atoms with Gasteiger partial charge in [-0.25, -0.2) is 0 Å². The van der Waals surface area contributed by atoms with Crippen molar-refractivity contribution < 1.29 is 19.1 Å². The van der Waals surface area contributed by atoms with E-state index in [0.717, 1.165) is 17.5 Å². The number of nitrogens with one attached hydrogen (secondary N) is 1. The predicted molar refractivity (Wildman–Crippen MR) is 85.9 cm³/mol. The van der Waals surface area contributed by atoms with Gasteiger partial charge < -0.3 is 19.7 Å². The van der Waals surface area contributed by atoms with E-state index >= 15 is 0 Å². The highest BCUT2D eigenvalue weighted by molar-refractivity contribution is 5.86. The molecule has 1 aliphatic heterocycles. The Kier molecular flexibility index (Phi) is 6.12. The van der Waals surface area contributed by atoms with Crippen molar-refractivity contribution in [3.63, 3.8) is 0 Å². The molecular weight excluding hydrogens is 296 g/mol. The summed E-state index contributed by atoms with van der Waals surface area (Å²) < 4.78 is 10.5. The smallest absolute Gasteiger partial charge is 0.251 e. The van der Waals surface area contributed by atoms with Gasteiger partial charge in [0.05, 0.1) is 6.04 Å². The molecule has 6 nitrogen and oxygen atoms in total. The number of hydrogen-bond donors (Lipinski definition) is 1. The molecule has 23 heavy (non-hydrogen) atoms. The van der Waals surface area contributed by atoms with Crippen LogP contribution in [0.4, 0.5) is 0 Å². The first-order valence-electron chi connectivity index (χ1n) is 7.75. The van der Waals surface area contributed by atoms with Crippen molar-refractivity contribution in [2.24, 2.45) is 0 Å². The van der Waals surface area contributed by atoms with Crippen LogP contribution in [0, 0.1) is 6.92 Å². The molecule has 0 spiro atoms. The largest absolute Gasteiger partial charge is 0.385 e. The van der Waals surface area contributed by atoms with Crippen LogP contribution in [0.25, 0.3) is 0 Å². The van der Waals surface area contributed by atoms with Gasteiger partial charge in [-0.2, -0.15) is 0 Å². The quantitative estimate of drug-likeness (QED) is 0.796. The summed E-state index contributed by atoms with van der Waals surface area (Å²) in [7, 11) is 3.33. The topological polar surface area (TPSA) is 67.9 Å². The van der Waals surface area contributed by atoms with Crippen LogP contribution >= 0.6 is 0 Å². The first-order valence-corrected chi connectivity index (χ1v) is 7.75. The van der Waals surface area contributed by atoms with E-state index in [9.17, 15) is 9.59 Å². The Morgan fingerprint density at radius 2 is 2.09 bits per heavy atom. The number of carbonyl (C=O) groups excluding carboxylic acids is 2. The molecule has 0 aliphatic carbocycles. The van der Waals surface area contributed by atoms with Crippen LogP contribution < -0.4 is 5.32 Å². The fraction of sp³-hybridized carbons (Fsp3) is 0.529. The normalized spacial score (nSPS) is 21.3. The average molecular weight is 320 g/mol. The number of amides is 2. The third-order valence-electron chi connectivity index (χ3n) is 3.99. The molecule has 1 aromatic rings. The molecule has 2 atom stereocenters. The summed E-state index contributed by atoms with van der Waals surface area (Å²) in [6.07, 6.45) is 0.0294. The maximum Gasteiger partial charge on any atom is 0.251 e. The molecule has 0 saturated carbocycles. The maximum absolute atomic E-state index is 12.4. The van der Waals surface area contributed by atoms with Crippen molar-refractivity contribution in [3.05, 3.63) is 35.4 Å². The lowest BCUT2D eigenvalue weighted by Crippen LogP contribution is -2.53. The summed E-state index contributed by atoms with van der Waals surface area (Å²) in [5.74, 6) is -0.329. The second kappa shape index (κ2) is 8.08. The highest BCUT2D eigenvalue weighted by Crippen LogP contribution is 2.29. The standard InChI is InChI=1S/C17H24N2O4/c1-12-5-7-13(8-6-12)15-16(23-11-14(20)19(15)2)17(21)18-9-4-10-22-3/h5-8,15-16H,4,9-11H2,1-3H3,(H,18,21)/t15-,16-/m1/s1. The van der Waals surface area contributed by atoms with Crippen LogP contribution in [0.15, 0.2) is 24.3 Å². The van der Waals surface area contributed by atoms with Crippen molar-refractivity contribution in [1.82, 2.24) is 10.2 Å². The molecule has 126 valence electrons. The zero-order chi connectivity index (χ0) is 16.8. The third kappa shape index (κ3) is 4.30. The van der Waals surface area contributed by atoms with Crippen molar-refractivity contribution in [3.8, 4) is 0 Å². The van der Waals surface area contributed by atoms with Gasteiger partial charge in [-0.15, -0.1) is 0 Å². The van der Waals surface area contributed by atoms with Gasteiger partial charge in [0.1, 0.15) is 6.61 Å². The number of morpholine rings is 1. The molecule has 6 heteroatoms. The van der Waals surface area contributed by atoms with E-state index in [0.29, 0.717) is 13.2 Å². The van der Waals surface area contributed by atoms with Crippen LogP contribution in [-0.4, -0.2) is 56.7 Å². The van der Waals surface area contributed by atoms with Gasteiger partial charge in [0, 0.05) is 27.3 Å². The van der Waals surface area contributed by atoms with Gasteiger partial charge >= 0.3 is 0 Å². The van der Waals surface area contributed by atoms with Gasteiger partial charge in [0.25, 0.3) is 5.91 Å². The Balaban J connectivity index is 2.13. The summed E-state index contributed by atoms with van der Waals surface area (Å²) in [5, 5.41) is 2.85. The number of likely N-dealkylation sites (N-methyl/N-ethyl adjacent to an activating group) is 1. The zero-order valence-electron chi connectivity index (χ0n) is 13.9. The minimum absolute atomic E-state index is 0.0744. The van der Waals surface area contributed by atoms with Gasteiger partial charge in [-0.1, -0.05) is 29.8 Å². The van der Waals surface area contributed by atoms with Crippen molar-refractivity contribution in [2.45, 2.75) is 25.5 Å². The SMILES string of the molecule is COCCCNC(=O)[C@@H]1OCC(=O)N(C)[C@@H]1c1ccc(C)cc1. The van der Waals surface area contributed by atoms with E-state index in [-0.39, 0.29) is 18.4 Å².